The summed E-state index contributed by atoms with van der Waals surface area (Å²) in [5.41, 5.74) is 15.6. The van der Waals surface area contributed by atoms with Crippen LogP contribution in [0.4, 0.5) is 0 Å². The quantitative estimate of drug-likeness (QED) is 0.175. The zero-order valence-electron chi connectivity index (χ0n) is 34.6. The summed E-state index contributed by atoms with van der Waals surface area (Å²) in [7, 11) is 5.58. The Balaban J connectivity index is 1.33. The van der Waals surface area contributed by atoms with Crippen molar-refractivity contribution in [3.63, 3.8) is 0 Å². The van der Waals surface area contributed by atoms with Crippen molar-refractivity contribution < 1.29 is 28.5 Å². The summed E-state index contributed by atoms with van der Waals surface area (Å²) in [4.78, 5) is 13.0. The van der Waals surface area contributed by atoms with Crippen molar-refractivity contribution in [3.05, 3.63) is 115 Å². The van der Waals surface area contributed by atoms with Crippen molar-refractivity contribution in [2.75, 3.05) is 34.5 Å². The molecule has 0 amide bonds. The topological polar surface area (TPSA) is 63.2 Å². The van der Waals surface area contributed by atoms with Gasteiger partial charge in [-0.2, -0.15) is 0 Å². The Bertz CT molecular complexity index is 2150. The fraction of sp³-hybridized carbons (Fsp3) is 0.510. The van der Waals surface area contributed by atoms with Gasteiger partial charge in [-0.1, -0.05) is 61.4 Å². The van der Waals surface area contributed by atoms with Crippen molar-refractivity contribution in [2.24, 2.45) is 0 Å². The number of rotatable bonds is 7. The van der Waals surface area contributed by atoms with Crippen molar-refractivity contribution in [3.8, 4) is 23.0 Å². The number of esters is 1. The first kappa shape index (κ1) is 38.1. The van der Waals surface area contributed by atoms with Crippen LogP contribution in [0.1, 0.15) is 162 Å². The molecule has 0 heterocycles. The second kappa shape index (κ2) is 16.4. The SMILES string of the molecule is CCOC(=O)COc1c2cc3cc1[C@@H]1CC[C@@H]1c1cc(cc(c1OC)Cc1cc4cc(c1OC)[C@@H]1CC[C@@H]1c1cc(cc(c1OC)C2)CCCCC4)CCCCC3. The summed E-state index contributed by atoms with van der Waals surface area (Å²) in [6, 6.07) is 19.5. The molecule has 6 nitrogen and oxygen atoms in total. The molecule has 4 aromatic rings. The molecule has 0 N–H and O–H groups in total. The van der Waals surface area contributed by atoms with E-state index in [4.69, 9.17) is 23.7 Å². The largest absolute Gasteiger partial charge is 0.496 e. The standard InChI is InChI=1S/C51H60O6/c1-5-56-47(52)30-57-51-38-23-34-15-11-7-10-13-32-21-36(49(54-3)45(26-32)41-18-19-42(41)46(51)27-34)28-35-20-31-12-8-6-9-14-33-22-37(29-38)50(55-4)44(25-33)40-17-16-39(40)43(24-31)48(35)53-2/h20-27,39-42H,5-19,28-30H2,1-4H3/t39-,40+,41+,42-/m1/s1. The maximum Gasteiger partial charge on any atom is 0.344 e. The van der Waals surface area contributed by atoms with Gasteiger partial charge in [-0.15, -0.1) is 0 Å². The number of carbonyl (C=O) groups is 1. The van der Waals surface area contributed by atoms with Gasteiger partial charge in [0.1, 0.15) is 23.0 Å². The molecule has 2 fully saturated rings. The van der Waals surface area contributed by atoms with Gasteiger partial charge in [0.05, 0.1) is 27.9 Å². The van der Waals surface area contributed by atoms with Gasteiger partial charge in [0.25, 0.3) is 0 Å². The fourth-order valence-corrected chi connectivity index (χ4v) is 11.2. The van der Waals surface area contributed by atoms with Gasteiger partial charge in [0, 0.05) is 12.8 Å². The number of fused-ring (bicyclic) bond motifs is 8. The third-order valence-electron chi connectivity index (χ3n) is 14.0. The van der Waals surface area contributed by atoms with Gasteiger partial charge in [-0.3, -0.25) is 0 Å². The average Bonchev–Trinajstić information content (AvgIpc) is 3.16. The molecule has 300 valence electrons. The number of aryl methyl sites for hydroxylation is 4. The van der Waals surface area contributed by atoms with Gasteiger partial charge in [-0.05, 0) is 174 Å². The predicted octanol–water partition coefficient (Wildman–Crippen LogP) is 11.0. The minimum absolute atomic E-state index is 0.110. The first-order valence-electron chi connectivity index (χ1n) is 22.0. The number of carbonyl (C=O) groups excluding carboxylic acids is 1. The molecule has 5 aliphatic carbocycles. The van der Waals surface area contributed by atoms with Crippen LogP contribution >= 0.6 is 0 Å². The first-order chi connectivity index (χ1) is 28.0. The maximum atomic E-state index is 13.0. The number of hydrogen-bond donors (Lipinski definition) is 0. The van der Waals surface area contributed by atoms with Gasteiger partial charge in [-0.25, -0.2) is 4.79 Å². The van der Waals surface area contributed by atoms with E-state index < -0.39 is 0 Å². The van der Waals surface area contributed by atoms with Crippen LogP contribution in [0.25, 0.3) is 0 Å². The van der Waals surface area contributed by atoms with Crippen LogP contribution in [0.5, 0.6) is 23.0 Å². The summed E-state index contributed by atoms with van der Waals surface area (Å²) in [5, 5.41) is 0. The Labute approximate surface area is 339 Å². The predicted molar refractivity (Wildman–Crippen MR) is 225 cm³/mol. The highest BCUT2D eigenvalue weighted by Crippen LogP contribution is 2.58. The Morgan fingerprint density at radius 3 is 1.14 bits per heavy atom. The molecular weight excluding hydrogens is 709 g/mol. The van der Waals surface area contributed by atoms with E-state index in [-0.39, 0.29) is 24.4 Å². The molecule has 9 rings (SSSR count). The second-order valence-electron chi connectivity index (χ2n) is 17.5. The van der Waals surface area contributed by atoms with Crippen LogP contribution < -0.4 is 18.9 Å². The van der Waals surface area contributed by atoms with Crippen molar-refractivity contribution >= 4 is 5.97 Å². The number of methoxy groups -OCH3 is 3. The molecule has 57 heavy (non-hydrogen) atoms. The lowest BCUT2D eigenvalue weighted by molar-refractivity contribution is -0.145. The third-order valence-corrected chi connectivity index (χ3v) is 14.0. The maximum absolute atomic E-state index is 13.0. The summed E-state index contributed by atoms with van der Waals surface area (Å²) in [6.07, 6.45) is 16.9. The third kappa shape index (κ3) is 7.31. The van der Waals surface area contributed by atoms with Crippen LogP contribution in [0.2, 0.25) is 0 Å². The average molecular weight is 769 g/mol. The molecule has 4 atom stereocenters. The monoisotopic (exact) mass is 768 g/mol. The molecule has 0 spiro atoms. The van der Waals surface area contributed by atoms with Crippen LogP contribution in [0.3, 0.4) is 0 Å². The smallest absolute Gasteiger partial charge is 0.344 e. The fourth-order valence-electron chi connectivity index (χ4n) is 11.2. The highest BCUT2D eigenvalue weighted by Gasteiger charge is 2.41. The van der Waals surface area contributed by atoms with E-state index in [0.717, 1.165) is 118 Å². The molecule has 0 saturated heterocycles. The molecule has 0 aliphatic heterocycles. The molecule has 2 saturated carbocycles. The molecule has 12 bridgehead atoms. The van der Waals surface area contributed by atoms with Gasteiger partial charge in [0.2, 0.25) is 0 Å². The molecule has 0 radical (unpaired) electrons. The summed E-state index contributed by atoms with van der Waals surface area (Å²) >= 11 is 0. The van der Waals surface area contributed by atoms with Gasteiger partial charge >= 0.3 is 5.97 Å². The lowest BCUT2D eigenvalue weighted by Gasteiger charge is -2.41. The van der Waals surface area contributed by atoms with E-state index in [1.807, 2.05) is 28.3 Å². The first-order valence-corrected chi connectivity index (χ1v) is 22.0. The zero-order valence-corrected chi connectivity index (χ0v) is 34.6. The second-order valence-corrected chi connectivity index (χ2v) is 17.5. The van der Waals surface area contributed by atoms with Gasteiger partial charge in [0.15, 0.2) is 6.61 Å². The van der Waals surface area contributed by atoms with Crippen LogP contribution in [0.15, 0.2) is 48.5 Å². The minimum atomic E-state index is -0.333. The van der Waals surface area contributed by atoms with Crippen LogP contribution in [0, 0.1) is 0 Å². The molecule has 0 aromatic heterocycles. The summed E-state index contributed by atoms with van der Waals surface area (Å²) in [6.45, 7) is 2.07. The van der Waals surface area contributed by atoms with E-state index in [1.54, 1.807) is 0 Å². The van der Waals surface area contributed by atoms with E-state index in [0.29, 0.717) is 24.9 Å². The summed E-state index contributed by atoms with van der Waals surface area (Å²) < 4.78 is 31.7. The molecule has 6 heteroatoms. The highest BCUT2D eigenvalue weighted by molar-refractivity contribution is 5.71. The number of ether oxygens (including phenoxy) is 5. The number of benzene rings is 4. The van der Waals surface area contributed by atoms with E-state index >= 15 is 0 Å². The van der Waals surface area contributed by atoms with Crippen LogP contribution in [-0.2, 0) is 48.1 Å². The Morgan fingerprint density at radius 1 is 0.491 bits per heavy atom. The minimum Gasteiger partial charge on any atom is -0.496 e. The highest BCUT2D eigenvalue weighted by atomic mass is 16.6. The van der Waals surface area contributed by atoms with Crippen LogP contribution in [-0.4, -0.2) is 40.5 Å². The van der Waals surface area contributed by atoms with E-state index in [2.05, 4.69) is 48.5 Å². The Morgan fingerprint density at radius 2 is 0.825 bits per heavy atom. The summed E-state index contributed by atoms with van der Waals surface area (Å²) in [5.74, 6) is 4.74. The van der Waals surface area contributed by atoms with Crippen molar-refractivity contribution in [1.29, 1.82) is 0 Å². The Kier molecular flexibility index (Phi) is 11.0. The lowest BCUT2D eigenvalue weighted by Crippen LogP contribution is -2.25. The lowest BCUT2D eigenvalue weighted by atomic mass is 9.64. The normalized spacial score (nSPS) is 22.2. The van der Waals surface area contributed by atoms with Crippen molar-refractivity contribution in [2.45, 2.75) is 133 Å². The van der Waals surface area contributed by atoms with E-state index in [9.17, 15) is 4.79 Å². The number of hydrogen-bond acceptors (Lipinski definition) is 6. The van der Waals surface area contributed by atoms with Crippen molar-refractivity contribution in [1.82, 2.24) is 0 Å². The molecule has 4 aromatic carbocycles. The molecule has 0 unspecified atom stereocenters. The Hall–Kier alpha value is -4.45. The molecular formula is C51H60O6. The van der Waals surface area contributed by atoms with Gasteiger partial charge < -0.3 is 23.7 Å². The zero-order chi connectivity index (χ0) is 39.0. The molecule has 5 aliphatic rings. The van der Waals surface area contributed by atoms with E-state index in [1.165, 1.54) is 67.6 Å².